The van der Waals surface area contributed by atoms with Gasteiger partial charge in [0, 0.05) is 20.0 Å². The van der Waals surface area contributed by atoms with E-state index in [0.717, 1.165) is 42.9 Å². The zero-order valence-electron chi connectivity index (χ0n) is 17.3. The first kappa shape index (κ1) is 20.0. The summed E-state index contributed by atoms with van der Waals surface area (Å²) in [4.78, 5) is 15.0. The Morgan fingerprint density at radius 3 is 2.87 bits per heavy atom. The summed E-state index contributed by atoms with van der Waals surface area (Å²) < 4.78 is 18.8. The lowest BCUT2D eigenvalue weighted by Gasteiger charge is -2.25. The molecule has 0 bridgehead atoms. The maximum atomic E-state index is 13.1. The van der Waals surface area contributed by atoms with Crippen LogP contribution in [0.15, 0.2) is 46.2 Å². The Hall–Kier alpha value is -2.94. The lowest BCUT2D eigenvalue weighted by Crippen LogP contribution is -2.32. The summed E-state index contributed by atoms with van der Waals surface area (Å²) in [6, 6.07) is 9.75. The molecule has 162 valence electrons. The van der Waals surface area contributed by atoms with E-state index in [-0.39, 0.29) is 11.9 Å². The molecule has 4 heterocycles. The van der Waals surface area contributed by atoms with Crippen LogP contribution < -0.4 is 9.47 Å². The molecule has 1 unspecified atom stereocenters. The van der Waals surface area contributed by atoms with Gasteiger partial charge in [0.1, 0.15) is 0 Å². The highest BCUT2D eigenvalue weighted by molar-refractivity contribution is 7.99. The highest BCUT2D eigenvalue weighted by Crippen LogP contribution is 2.38. The van der Waals surface area contributed by atoms with Gasteiger partial charge in [0.25, 0.3) is 0 Å². The number of carbonyl (C=O) groups is 1. The van der Waals surface area contributed by atoms with E-state index in [1.807, 2.05) is 40.8 Å². The number of carbonyl (C=O) groups excluding carboxylic acids is 1. The number of aromatic nitrogens is 3. The van der Waals surface area contributed by atoms with E-state index in [0.29, 0.717) is 35.7 Å². The summed E-state index contributed by atoms with van der Waals surface area (Å²) in [7, 11) is 1.88. The van der Waals surface area contributed by atoms with Gasteiger partial charge in [-0.3, -0.25) is 4.79 Å². The number of ether oxygens (including phenoxy) is 2. The second-order valence-electron chi connectivity index (χ2n) is 7.63. The number of thioether (sulfide) groups is 1. The van der Waals surface area contributed by atoms with E-state index in [9.17, 15) is 4.79 Å². The van der Waals surface area contributed by atoms with Crippen molar-refractivity contribution < 1.29 is 18.7 Å². The van der Waals surface area contributed by atoms with E-state index >= 15 is 0 Å². The van der Waals surface area contributed by atoms with Crippen LogP contribution in [-0.2, 0) is 11.8 Å². The standard InChI is InChI=1S/C22H24N4O4S/c1-25-21(18-6-3-10-29-18)23-24-22(25)31-14-20(27)26-9-2-5-16(26)15-7-8-17-19(13-15)30-12-4-11-28-17/h3,6-8,10,13,16H,2,4-5,9,11-12,14H2,1H3. The molecule has 0 aliphatic carbocycles. The van der Waals surface area contributed by atoms with Gasteiger partial charge in [-0.2, -0.15) is 0 Å². The summed E-state index contributed by atoms with van der Waals surface area (Å²) in [5.41, 5.74) is 1.10. The van der Waals surface area contributed by atoms with Crippen LogP contribution in [-0.4, -0.2) is 51.1 Å². The fourth-order valence-electron chi connectivity index (χ4n) is 4.07. The molecule has 2 aliphatic heterocycles. The lowest BCUT2D eigenvalue weighted by atomic mass is 10.0. The molecule has 5 rings (SSSR count). The fraction of sp³-hybridized carbons (Fsp3) is 0.409. The van der Waals surface area contributed by atoms with Crippen molar-refractivity contribution in [3.63, 3.8) is 0 Å². The Morgan fingerprint density at radius 1 is 1.16 bits per heavy atom. The predicted molar refractivity (Wildman–Crippen MR) is 115 cm³/mol. The Labute approximate surface area is 184 Å². The normalized spacial score (nSPS) is 18.2. The van der Waals surface area contributed by atoms with Crippen molar-refractivity contribution in [3.05, 3.63) is 42.2 Å². The smallest absolute Gasteiger partial charge is 0.233 e. The topological polar surface area (TPSA) is 82.6 Å². The second-order valence-corrected chi connectivity index (χ2v) is 8.58. The third-order valence-corrected chi connectivity index (χ3v) is 6.64. The molecule has 2 aromatic heterocycles. The number of likely N-dealkylation sites (tertiary alicyclic amines) is 1. The number of amides is 1. The molecule has 2 aliphatic rings. The van der Waals surface area contributed by atoms with Gasteiger partial charge >= 0.3 is 0 Å². The Morgan fingerprint density at radius 2 is 2.03 bits per heavy atom. The molecule has 3 aromatic rings. The molecule has 1 amide bonds. The Kier molecular flexibility index (Phi) is 5.59. The van der Waals surface area contributed by atoms with Gasteiger partial charge in [0.2, 0.25) is 5.91 Å². The number of hydrogen-bond donors (Lipinski definition) is 0. The van der Waals surface area contributed by atoms with Crippen molar-refractivity contribution in [2.45, 2.75) is 30.5 Å². The zero-order chi connectivity index (χ0) is 21.2. The first-order valence-electron chi connectivity index (χ1n) is 10.5. The van der Waals surface area contributed by atoms with Crippen molar-refractivity contribution in [2.75, 3.05) is 25.5 Å². The van der Waals surface area contributed by atoms with Crippen LogP contribution >= 0.6 is 11.8 Å². The van der Waals surface area contributed by atoms with Crippen LogP contribution in [0.4, 0.5) is 0 Å². The highest BCUT2D eigenvalue weighted by atomic mass is 32.2. The first-order chi connectivity index (χ1) is 15.2. The molecule has 31 heavy (non-hydrogen) atoms. The maximum Gasteiger partial charge on any atom is 0.233 e. The monoisotopic (exact) mass is 440 g/mol. The van der Waals surface area contributed by atoms with Crippen molar-refractivity contribution in [1.29, 1.82) is 0 Å². The van der Waals surface area contributed by atoms with Gasteiger partial charge < -0.3 is 23.4 Å². The summed E-state index contributed by atoms with van der Waals surface area (Å²) in [6.07, 6.45) is 4.41. The number of hydrogen-bond acceptors (Lipinski definition) is 7. The minimum atomic E-state index is 0.0587. The highest BCUT2D eigenvalue weighted by Gasteiger charge is 2.31. The summed E-state index contributed by atoms with van der Waals surface area (Å²) in [6.45, 7) is 2.08. The maximum absolute atomic E-state index is 13.1. The van der Waals surface area contributed by atoms with Gasteiger partial charge in [-0.15, -0.1) is 10.2 Å². The van der Waals surface area contributed by atoms with Crippen LogP contribution in [0.5, 0.6) is 11.5 Å². The average Bonchev–Trinajstić information content (AvgIpc) is 3.51. The van der Waals surface area contributed by atoms with Gasteiger partial charge in [0.15, 0.2) is 28.2 Å². The van der Waals surface area contributed by atoms with Crippen molar-refractivity contribution in [1.82, 2.24) is 19.7 Å². The molecule has 1 fully saturated rings. The molecule has 9 heteroatoms. The third kappa shape index (κ3) is 4.01. The van der Waals surface area contributed by atoms with Crippen LogP contribution in [0.3, 0.4) is 0 Å². The van der Waals surface area contributed by atoms with Crippen LogP contribution in [0.2, 0.25) is 0 Å². The lowest BCUT2D eigenvalue weighted by molar-refractivity contribution is -0.129. The minimum absolute atomic E-state index is 0.0587. The number of rotatable bonds is 5. The minimum Gasteiger partial charge on any atom is -0.490 e. The Balaban J connectivity index is 1.27. The molecular formula is C22H24N4O4S. The molecule has 0 spiro atoms. The van der Waals surface area contributed by atoms with Crippen molar-refractivity contribution in [3.8, 4) is 23.1 Å². The molecule has 8 nitrogen and oxygen atoms in total. The zero-order valence-corrected chi connectivity index (χ0v) is 18.1. The van der Waals surface area contributed by atoms with Crippen molar-refractivity contribution in [2.24, 2.45) is 7.05 Å². The number of furan rings is 1. The fourth-order valence-corrected chi connectivity index (χ4v) is 4.87. The quantitative estimate of drug-likeness (QED) is 0.560. The van der Waals surface area contributed by atoms with E-state index in [1.165, 1.54) is 11.8 Å². The van der Waals surface area contributed by atoms with Crippen LogP contribution in [0, 0.1) is 0 Å². The van der Waals surface area contributed by atoms with Crippen molar-refractivity contribution >= 4 is 17.7 Å². The van der Waals surface area contributed by atoms with E-state index < -0.39 is 0 Å². The molecule has 1 aromatic carbocycles. The van der Waals surface area contributed by atoms with E-state index in [2.05, 4.69) is 16.3 Å². The molecule has 1 saturated heterocycles. The number of fused-ring (bicyclic) bond motifs is 1. The van der Waals surface area contributed by atoms with Gasteiger partial charge in [-0.1, -0.05) is 17.8 Å². The van der Waals surface area contributed by atoms with Gasteiger partial charge in [0.05, 0.1) is 31.3 Å². The SMILES string of the molecule is Cn1c(SCC(=O)N2CCCC2c2ccc3c(c2)OCCCO3)nnc1-c1ccco1. The van der Waals surface area contributed by atoms with Crippen LogP contribution in [0.1, 0.15) is 30.9 Å². The average molecular weight is 441 g/mol. The first-order valence-corrected chi connectivity index (χ1v) is 11.4. The summed E-state index contributed by atoms with van der Waals surface area (Å²) in [5.74, 6) is 3.26. The largest absolute Gasteiger partial charge is 0.490 e. The predicted octanol–water partition coefficient (Wildman–Crippen LogP) is 3.69. The number of nitrogens with zero attached hydrogens (tertiary/aromatic N) is 4. The molecule has 0 saturated carbocycles. The van der Waals surface area contributed by atoms with Crippen LogP contribution in [0.25, 0.3) is 11.6 Å². The van der Waals surface area contributed by atoms with E-state index in [1.54, 1.807) is 6.26 Å². The molecular weight excluding hydrogens is 416 g/mol. The van der Waals surface area contributed by atoms with E-state index in [4.69, 9.17) is 13.9 Å². The Bertz CT molecular complexity index is 1070. The second kappa shape index (κ2) is 8.66. The van der Waals surface area contributed by atoms with Gasteiger partial charge in [-0.05, 0) is 42.7 Å². The summed E-state index contributed by atoms with van der Waals surface area (Å²) >= 11 is 1.39. The van der Waals surface area contributed by atoms with Gasteiger partial charge in [-0.25, -0.2) is 0 Å². The number of benzene rings is 1. The molecule has 1 atom stereocenters. The molecule has 0 radical (unpaired) electrons. The summed E-state index contributed by atoms with van der Waals surface area (Å²) in [5, 5.41) is 9.10. The molecule has 0 N–H and O–H groups in total. The third-order valence-electron chi connectivity index (χ3n) is 5.63.